The summed E-state index contributed by atoms with van der Waals surface area (Å²) >= 11 is 0. The highest BCUT2D eigenvalue weighted by atomic mass is 32.2. The number of benzene rings is 2. The molecular weight excluding hydrogens is 355 g/mol. The first-order valence-corrected chi connectivity index (χ1v) is 10.2. The Hall–Kier alpha value is -2.41. The van der Waals surface area contributed by atoms with Gasteiger partial charge in [0.1, 0.15) is 5.82 Å². The van der Waals surface area contributed by atoms with Crippen molar-refractivity contribution in [2.24, 2.45) is 0 Å². The molecule has 1 aliphatic rings. The first-order valence-electron chi connectivity index (χ1n) is 8.53. The average molecular weight is 376 g/mol. The molecule has 1 amide bonds. The summed E-state index contributed by atoms with van der Waals surface area (Å²) in [6, 6.07) is 12.5. The molecule has 0 bridgehead atoms. The van der Waals surface area contributed by atoms with E-state index in [2.05, 4.69) is 4.72 Å². The second kappa shape index (κ2) is 7.86. The molecule has 26 heavy (non-hydrogen) atoms. The fraction of sp³-hybridized carbons (Fsp3) is 0.316. The van der Waals surface area contributed by atoms with Gasteiger partial charge >= 0.3 is 0 Å². The third kappa shape index (κ3) is 4.82. The second-order valence-corrected chi connectivity index (χ2v) is 8.14. The van der Waals surface area contributed by atoms with E-state index in [1.165, 1.54) is 18.2 Å². The van der Waals surface area contributed by atoms with Crippen molar-refractivity contribution in [1.29, 1.82) is 0 Å². The van der Waals surface area contributed by atoms with Crippen LogP contribution in [-0.4, -0.2) is 32.3 Å². The van der Waals surface area contributed by atoms with E-state index in [9.17, 15) is 17.6 Å². The molecule has 5 nitrogen and oxygen atoms in total. The van der Waals surface area contributed by atoms with Crippen molar-refractivity contribution in [3.05, 3.63) is 65.5 Å². The molecule has 1 N–H and O–H groups in total. The van der Waals surface area contributed by atoms with Gasteiger partial charge in [0.25, 0.3) is 0 Å². The smallest absolute Gasteiger partial charge is 0.237 e. The van der Waals surface area contributed by atoms with Gasteiger partial charge in [-0.25, -0.2) is 12.8 Å². The topological polar surface area (TPSA) is 66.5 Å². The molecule has 3 rings (SSSR count). The summed E-state index contributed by atoms with van der Waals surface area (Å²) in [7, 11) is -3.72. The number of rotatable bonds is 6. The predicted molar refractivity (Wildman–Crippen MR) is 98.6 cm³/mol. The van der Waals surface area contributed by atoms with Crippen LogP contribution in [0.4, 0.5) is 10.1 Å². The fourth-order valence-electron chi connectivity index (χ4n) is 2.98. The summed E-state index contributed by atoms with van der Waals surface area (Å²) < 4.78 is 40.5. The van der Waals surface area contributed by atoms with E-state index in [1.807, 2.05) is 4.90 Å². The molecule has 0 aromatic heterocycles. The number of carbonyl (C=O) groups excluding carboxylic acids is 1. The van der Waals surface area contributed by atoms with Crippen molar-refractivity contribution < 1.29 is 17.6 Å². The molecule has 0 aliphatic carbocycles. The van der Waals surface area contributed by atoms with Crippen LogP contribution in [0.3, 0.4) is 0 Å². The van der Waals surface area contributed by atoms with E-state index in [1.54, 1.807) is 30.3 Å². The van der Waals surface area contributed by atoms with Gasteiger partial charge in [-0.05, 0) is 36.6 Å². The van der Waals surface area contributed by atoms with Crippen molar-refractivity contribution in [3.63, 3.8) is 0 Å². The molecule has 2 aromatic carbocycles. The van der Waals surface area contributed by atoms with E-state index in [0.717, 1.165) is 31.5 Å². The minimum absolute atomic E-state index is 0.0929. The van der Waals surface area contributed by atoms with Crippen LogP contribution in [0.15, 0.2) is 48.5 Å². The van der Waals surface area contributed by atoms with Gasteiger partial charge in [0, 0.05) is 24.3 Å². The molecular formula is C19H21FN2O3S. The van der Waals surface area contributed by atoms with Gasteiger partial charge in [0.05, 0.1) is 12.2 Å². The zero-order chi connectivity index (χ0) is 18.6. The van der Waals surface area contributed by atoms with Crippen LogP contribution in [0, 0.1) is 5.82 Å². The lowest BCUT2D eigenvalue weighted by molar-refractivity contribution is -0.129. The average Bonchev–Trinajstić information content (AvgIpc) is 3.13. The van der Waals surface area contributed by atoms with Crippen molar-refractivity contribution >= 4 is 21.6 Å². The molecule has 0 atom stereocenters. The van der Waals surface area contributed by atoms with Crippen LogP contribution < -0.4 is 4.72 Å². The molecule has 2 aromatic rings. The van der Waals surface area contributed by atoms with E-state index < -0.39 is 21.6 Å². The van der Waals surface area contributed by atoms with E-state index in [4.69, 9.17) is 0 Å². The summed E-state index contributed by atoms with van der Waals surface area (Å²) in [4.78, 5) is 14.0. The van der Waals surface area contributed by atoms with Crippen LogP contribution in [-0.2, 0) is 27.0 Å². The summed E-state index contributed by atoms with van der Waals surface area (Å²) in [5.41, 5.74) is 1.34. The predicted octanol–water partition coefficient (Wildman–Crippen LogP) is 2.93. The lowest BCUT2D eigenvalue weighted by Crippen LogP contribution is -2.29. The van der Waals surface area contributed by atoms with Crippen LogP contribution in [0.5, 0.6) is 0 Å². The molecule has 1 heterocycles. The van der Waals surface area contributed by atoms with Crippen molar-refractivity contribution in [3.8, 4) is 0 Å². The molecule has 1 fully saturated rings. The molecule has 0 unspecified atom stereocenters. The van der Waals surface area contributed by atoms with Gasteiger partial charge in [0.2, 0.25) is 15.9 Å². The third-order valence-corrected chi connectivity index (χ3v) is 5.58. The van der Waals surface area contributed by atoms with Crippen LogP contribution in [0.1, 0.15) is 24.0 Å². The number of hydrogen-bond donors (Lipinski definition) is 1. The Kier molecular flexibility index (Phi) is 5.56. The molecule has 0 spiro atoms. The number of likely N-dealkylation sites (tertiary alicyclic amines) is 1. The van der Waals surface area contributed by atoms with Gasteiger partial charge in [-0.3, -0.25) is 9.52 Å². The summed E-state index contributed by atoms with van der Waals surface area (Å²) in [5, 5.41) is 0. The number of nitrogens with one attached hydrogen (secondary N) is 1. The van der Waals surface area contributed by atoms with Crippen molar-refractivity contribution in [2.75, 3.05) is 17.8 Å². The van der Waals surface area contributed by atoms with Crippen molar-refractivity contribution in [1.82, 2.24) is 4.90 Å². The highest BCUT2D eigenvalue weighted by Crippen LogP contribution is 2.17. The normalized spacial score (nSPS) is 14.4. The number of carbonyl (C=O) groups is 1. The van der Waals surface area contributed by atoms with Gasteiger partial charge in [-0.1, -0.05) is 30.3 Å². The number of hydrogen-bond acceptors (Lipinski definition) is 3. The Morgan fingerprint density at radius 2 is 1.69 bits per heavy atom. The highest BCUT2D eigenvalue weighted by molar-refractivity contribution is 7.91. The Morgan fingerprint density at radius 1 is 1.04 bits per heavy atom. The van der Waals surface area contributed by atoms with Crippen molar-refractivity contribution in [2.45, 2.75) is 25.0 Å². The molecule has 1 aliphatic heterocycles. The molecule has 0 radical (unpaired) electrons. The van der Waals surface area contributed by atoms with Gasteiger partial charge in [0.15, 0.2) is 0 Å². The zero-order valence-corrected chi connectivity index (χ0v) is 15.1. The number of nitrogens with zero attached hydrogens (tertiary/aromatic N) is 1. The molecule has 7 heteroatoms. The van der Waals surface area contributed by atoms with Gasteiger partial charge in [-0.15, -0.1) is 0 Å². The fourth-order valence-corrected chi connectivity index (χ4v) is 4.19. The lowest BCUT2D eigenvalue weighted by Gasteiger charge is -2.15. The van der Waals surface area contributed by atoms with Gasteiger partial charge < -0.3 is 4.90 Å². The Bertz CT molecular complexity index is 876. The Balaban J connectivity index is 1.61. The van der Waals surface area contributed by atoms with Crippen LogP contribution in [0.25, 0.3) is 0 Å². The molecule has 138 valence electrons. The molecule has 0 saturated carbocycles. The summed E-state index contributed by atoms with van der Waals surface area (Å²) in [5.74, 6) is -0.890. The first-order chi connectivity index (χ1) is 12.4. The van der Waals surface area contributed by atoms with E-state index in [-0.39, 0.29) is 11.5 Å². The molecule has 1 saturated heterocycles. The third-order valence-electron chi connectivity index (χ3n) is 4.34. The van der Waals surface area contributed by atoms with Gasteiger partial charge in [-0.2, -0.15) is 0 Å². The minimum Gasteiger partial charge on any atom is -0.342 e. The SMILES string of the molecule is O=C(Cc1ccc(NS(=O)(=O)Cc2ccccc2F)cc1)N1CCCC1. The van der Waals surface area contributed by atoms with Crippen LogP contribution in [0.2, 0.25) is 0 Å². The monoisotopic (exact) mass is 376 g/mol. The highest BCUT2D eigenvalue weighted by Gasteiger charge is 2.18. The first kappa shape index (κ1) is 18.4. The number of anilines is 1. The Labute approximate surface area is 152 Å². The van der Waals surface area contributed by atoms with Crippen LogP contribution >= 0.6 is 0 Å². The number of amides is 1. The zero-order valence-electron chi connectivity index (χ0n) is 14.3. The number of halogens is 1. The summed E-state index contributed by atoms with van der Waals surface area (Å²) in [6.07, 6.45) is 2.41. The lowest BCUT2D eigenvalue weighted by atomic mass is 10.1. The second-order valence-electron chi connectivity index (χ2n) is 6.41. The largest absolute Gasteiger partial charge is 0.342 e. The van der Waals surface area contributed by atoms with E-state index in [0.29, 0.717) is 12.1 Å². The Morgan fingerprint density at radius 3 is 2.35 bits per heavy atom. The minimum atomic E-state index is -3.72. The summed E-state index contributed by atoms with van der Waals surface area (Å²) in [6.45, 7) is 1.62. The number of sulfonamides is 1. The quantitative estimate of drug-likeness (QED) is 0.843. The standard InChI is InChI=1S/C19H21FN2O3S/c20-18-6-2-1-5-16(18)14-26(24,25)21-17-9-7-15(8-10-17)13-19(23)22-11-3-4-12-22/h1-2,5-10,21H,3-4,11-14H2. The maximum absolute atomic E-state index is 13.6. The maximum atomic E-state index is 13.6. The van der Waals surface area contributed by atoms with E-state index >= 15 is 0 Å². The maximum Gasteiger partial charge on any atom is 0.237 e.